The van der Waals surface area contributed by atoms with E-state index in [4.69, 9.17) is 0 Å². The van der Waals surface area contributed by atoms with E-state index in [1.54, 1.807) is 0 Å². The Morgan fingerprint density at radius 3 is 2.50 bits per heavy atom. The first kappa shape index (κ1) is 31.5. The summed E-state index contributed by atoms with van der Waals surface area (Å²) in [6.07, 6.45) is 6.12. The Hall–Kier alpha value is -4.43. The van der Waals surface area contributed by atoms with Crippen LogP contribution in [0.2, 0.25) is 0 Å². The highest BCUT2D eigenvalue weighted by atomic mass is 16.2. The largest absolute Gasteiger partial charge is 0.361 e. The fraction of sp³-hybridized carbons (Fsp3) is 0.395. The van der Waals surface area contributed by atoms with Gasteiger partial charge in [-0.15, -0.1) is 0 Å². The summed E-state index contributed by atoms with van der Waals surface area (Å²) in [5.41, 5.74) is 6.04. The van der Waals surface area contributed by atoms with Crippen molar-refractivity contribution < 1.29 is 14.4 Å². The van der Waals surface area contributed by atoms with Crippen LogP contribution >= 0.6 is 0 Å². The molecule has 8 nitrogen and oxygen atoms in total. The number of H-pyrrole nitrogens is 1. The highest BCUT2D eigenvalue weighted by Crippen LogP contribution is 2.32. The van der Waals surface area contributed by atoms with Crippen LogP contribution in [-0.2, 0) is 22.4 Å². The molecule has 2 aliphatic heterocycles. The fourth-order valence-corrected chi connectivity index (χ4v) is 7.21. The van der Waals surface area contributed by atoms with Crippen LogP contribution in [0.3, 0.4) is 0 Å². The molecule has 0 bridgehead atoms. The van der Waals surface area contributed by atoms with E-state index in [0.717, 1.165) is 59.9 Å². The Bertz CT molecular complexity index is 1670. The lowest BCUT2D eigenvalue weighted by Gasteiger charge is -2.37. The molecule has 8 heteroatoms. The number of hydrogen-bond acceptors (Lipinski definition) is 4. The second kappa shape index (κ2) is 14.3. The summed E-state index contributed by atoms with van der Waals surface area (Å²) >= 11 is 0. The topological polar surface area (TPSA) is 97.5 Å². The predicted octanol–water partition coefficient (Wildman–Crippen LogP) is 5.26. The third-order valence-corrected chi connectivity index (χ3v) is 9.67. The van der Waals surface area contributed by atoms with Gasteiger partial charge in [-0.25, -0.2) is 0 Å². The Morgan fingerprint density at radius 2 is 1.72 bits per heavy atom. The van der Waals surface area contributed by atoms with Gasteiger partial charge in [-0.05, 0) is 93.4 Å². The van der Waals surface area contributed by atoms with E-state index in [2.05, 4.69) is 46.8 Å². The van der Waals surface area contributed by atoms with Gasteiger partial charge in [0.1, 0.15) is 6.04 Å². The number of rotatable bonds is 10. The summed E-state index contributed by atoms with van der Waals surface area (Å²) in [6.45, 7) is 4.90. The molecule has 4 aromatic rings. The van der Waals surface area contributed by atoms with Gasteiger partial charge in [0.15, 0.2) is 0 Å². The summed E-state index contributed by atoms with van der Waals surface area (Å²) in [6, 6.07) is 23.1. The lowest BCUT2D eigenvalue weighted by atomic mass is 9.90. The lowest BCUT2D eigenvalue weighted by molar-refractivity contribution is -0.127. The average molecular weight is 620 g/mol. The second-order valence-electron chi connectivity index (χ2n) is 13.0. The van der Waals surface area contributed by atoms with Crippen LogP contribution < -0.4 is 15.5 Å². The normalized spacial score (nSPS) is 17.5. The van der Waals surface area contributed by atoms with Crippen molar-refractivity contribution in [3.05, 3.63) is 101 Å². The van der Waals surface area contributed by atoms with Crippen LogP contribution in [0.4, 0.5) is 5.69 Å². The maximum atomic E-state index is 14.5. The quantitative estimate of drug-likeness (QED) is 0.226. The van der Waals surface area contributed by atoms with Gasteiger partial charge in [0, 0.05) is 60.8 Å². The van der Waals surface area contributed by atoms with Crippen molar-refractivity contribution >= 4 is 34.3 Å². The minimum absolute atomic E-state index is 0.0711. The molecule has 3 N–H and O–H groups in total. The number of nitrogens with one attached hydrogen (secondary N) is 3. The molecule has 1 unspecified atom stereocenters. The van der Waals surface area contributed by atoms with Crippen molar-refractivity contribution in [1.29, 1.82) is 0 Å². The number of para-hydroxylation sites is 1. The molecule has 0 saturated carbocycles. The van der Waals surface area contributed by atoms with Gasteiger partial charge in [0.25, 0.3) is 5.91 Å². The van der Waals surface area contributed by atoms with E-state index < -0.39 is 6.04 Å². The molecule has 1 saturated heterocycles. The summed E-state index contributed by atoms with van der Waals surface area (Å²) in [4.78, 5) is 48.0. The van der Waals surface area contributed by atoms with Crippen LogP contribution in [0, 0.1) is 18.8 Å². The van der Waals surface area contributed by atoms with Crippen molar-refractivity contribution in [1.82, 2.24) is 20.5 Å². The molecule has 240 valence electrons. The highest BCUT2D eigenvalue weighted by molar-refractivity contribution is 6.01. The zero-order valence-corrected chi connectivity index (χ0v) is 26.9. The van der Waals surface area contributed by atoms with E-state index in [-0.39, 0.29) is 23.6 Å². The van der Waals surface area contributed by atoms with Crippen molar-refractivity contribution in [3.8, 4) is 0 Å². The van der Waals surface area contributed by atoms with Crippen LogP contribution in [0.1, 0.15) is 52.7 Å². The first-order chi connectivity index (χ1) is 22.4. The summed E-state index contributed by atoms with van der Waals surface area (Å²) < 4.78 is 0. The van der Waals surface area contributed by atoms with Gasteiger partial charge in [-0.2, -0.15) is 0 Å². The number of aromatic amines is 1. The van der Waals surface area contributed by atoms with Crippen molar-refractivity contribution in [2.75, 3.05) is 38.1 Å². The third-order valence-electron chi connectivity index (χ3n) is 9.67. The number of likely N-dealkylation sites (tertiary alicyclic amines) is 1. The molecule has 1 aromatic heterocycles. The molecular formula is C38H45N5O3. The second-order valence-corrected chi connectivity index (χ2v) is 13.0. The van der Waals surface area contributed by atoms with Gasteiger partial charge in [0.2, 0.25) is 11.8 Å². The maximum absolute atomic E-state index is 14.5. The van der Waals surface area contributed by atoms with Crippen molar-refractivity contribution in [2.24, 2.45) is 11.8 Å². The number of hydrogen-bond donors (Lipinski definition) is 3. The number of aryl methyl sites for hydroxylation is 1. The Balaban J connectivity index is 1.14. The molecule has 2 atom stereocenters. The van der Waals surface area contributed by atoms with Gasteiger partial charge < -0.3 is 25.4 Å². The van der Waals surface area contributed by atoms with E-state index in [1.807, 2.05) is 71.6 Å². The van der Waals surface area contributed by atoms with E-state index in [1.165, 1.54) is 11.1 Å². The van der Waals surface area contributed by atoms with Gasteiger partial charge in [-0.3, -0.25) is 14.4 Å². The summed E-state index contributed by atoms with van der Waals surface area (Å²) in [7, 11) is 1.95. The van der Waals surface area contributed by atoms with E-state index >= 15 is 0 Å². The molecule has 3 aromatic carbocycles. The fourth-order valence-electron chi connectivity index (χ4n) is 7.21. The number of piperidine rings is 1. The zero-order valence-electron chi connectivity index (χ0n) is 26.9. The van der Waals surface area contributed by atoms with Gasteiger partial charge in [-0.1, -0.05) is 54.1 Å². The van der Waals surface area contributed by atoms with Crippen molar-refractivity contribution in [3.63, 3.8) is 0 Å². The van der Waals surface area contributed by atoms with Crippen LogP contribution in [-0.4, -0.2) is 66.9 Å². The molecule has 3 amide bonds. The Kier molecular flexibility index (Phi) is 9.83. The van der Waals surface area contributed by atoms with Gasteiger partial charge in [0.05, 0.1) is 0 Å². The molecule has 0 aliphatic carbocycles. The molecule has 46 heavy (non-hydrogen) atoms. The smallest absolute Gasteiger partial charge is 0.253 e. The standard InChI is InChI=1S/C38H45N5O3/c1-26-12-14-35-30(20-26)21-28(23-39-2)25-43(35)38(46)34(22-31-24-40-33-11-7-6-10-32(31)33)41-36(44)15-13-27-16-18-42(19-17-27)37(45)29-8-4-3-5-9-29/h3-12,14,20,24,27-28,34,39-40H,13,15-19,21-23,25H2,1-2H3,(H,41,44)/t28?,34-/m1/s1. The number of carbonyl (C=O) groups excluding carboxylic acids is 3. The monoisotopic (exact) mass is 619 g/mol. The first-order valence-corrected chi connectivity index (χ1v) is 16.6. The van der Waals surface area contributed by atoms with Crippen LogP contribution in [0.5, 0.6) is 0 Å². The number of benzene rings is 3. The van der Waals surface area contributed by atoms with Crippen LogP contribution in [0.25, 0.3) is 10.9 Å². The molecule has 6 rings (SSSR count). The maximum Gasteiger partial charge on any atom is 0.253 e. The average Bonchev–Trinajstić information content (AvgIpc) is 3.49. The SMILES string of the molecule is CNCC1Cc2cc(C)ccc2N(C(=O)[C@@H](Cc2c[nH]c3ccccc23)NC(=O)CCC2CCN(C(=O)c3ccccc3)CC2)C1. The summed E-state index contributed by atoms with van der Waals surface area (Å²) in [5, 5.41) is 7.53. The minimum Gasteiger partial charge on any atom is -0.361 e. The molecule has 0 radical (unpaired) electrons. The molecule has 2 aliphatic rings. The number of nitrogens with zero attached hydrogens (tertiary/aromatic N) is 2. The number of amides is 3. The van der Waals surface area contributed by atoms with Crippen molar-refractivity contribution in [2.45, 2.75) is 51.5 Å². The molecule has 0 spiro atoms. The summed E-state index contributed by atoms with van der Waals surface area (Å²) in [5.74, 6) is 0.549. The number of carbonyl (C=O) groups is 3. The molecule has 3 heterocycles. The Labute approximate surface area is 271 Å². The molecule has 1 fully saturated rings. The zero-order chi connectivity index (χ0) is 32.0. The number of aromatic nitrogens is 1. The lowest BCUT2D eigenvalue weighted by Crippen LogP contribution is -2.53. The third kappa shape index (κ3) is 7.18. The number of fused-ring (bicyclic) bond motifs is 2. The highest BCUT2D eigenvalue weighted by Gasteiger charge is 2.34. The predicted molar refractivity (Wildman–Crippen MR) is 183 cm³/mol. The Morgan fingerprint density at radius 1 is 0.957 bits per heavy atom. The number of anilines is 1. The minimum atomic E-state index is -0.695. The molecular weight excluding hydrogens is 574 g/mol. The van der Waals surface area contributed by atoms with Gasteiger partial charge >= 0.3 is 0 Å². The van der Waals surface area contributed by atoms with Crippen LogP contribution in [0.15, 0.2) is 79.0 Å². The first-order valence-electron chi connectivity index (χ1n) is 16.6. The van der Waals surface area contributed by atoms with E-state index in [0.29, 0.717) is 38.4 Å². The van der Waals surface area contributed by atoms with E-state index in [9.17, 15) is 14.4 Å².